The van der Waals surface area contributed by atoms with Crippen molar-refractivity contribution in [1.29, 1.82) is 0 Å². The van der Waals surface area contributed by atoms with Gasteiger partial charge < -0.3 is 4.74 Å². The SMILES string of the molecule is Cn1nnnc1COc1ccc(S(=O)(=O)Cl)cc1Cl. The number of hydrogen-bond donors (Lipinski definition) is 0. The molecule has 0 spiro atoms. The van der Waals surface area contributed by atoms with Crippen LogP contribution in [0.5, 0.6) is 5.75 Å². The third kappa shape index (κ3) is 3.34. The number of aryl methyl sites for hydroxylation is 1. The van der Waals surface area contributed by atoms with E-state index in [0.29, 0.717) is 11.6 Å². The Balaban J connectivity index is 2.16. The van der Waals surface area contributed by atoms with Gasteiger partial charge in [0.15, 0.2) is 5.82 Å². The minimum Gasteiger partial charge on any atom is -0.484 e. The quantitative estimate of drug-likeness (QED) is 0.790. The molecule has 102 valence electrons. The van der Waals surface area contributed by atoms with Gasteiger partial charge in [-0.05, 0) is 28.6 Å². The first kappa shape index (κ1) is 14.0. The molecular weight excluding hydrogens is 315 g/mol. The zero-order valence-corrected chi connectivity index (χ0v) is 11.9. The number of benzene rings is 1. The van der Waals surface area contributed by atoms with Crippen LogP contribution in [-0.4, -0.2) is 28.6 Å². The highest BCUT2D eigenvalue weighted by Gasteiger charge is 2.13. The van der Waals surface area contributed by atoms with Gasteiger partial charge in [0.05, 0.1) is 9.92 Å². The molecule has 1 aromatic heterocycles. The highest BCUT2D eigenvalue weighted by Crippen LogP contribution is 2.29. The fourth-order valence-corrected chi connectivity index (χ4v) is 2.34. The summed E-state index contributed by atoms with van der Waals surface area (Å²) in [5.41, 5.74) is 0. The van der Waals surface area contributed by atoms with E-state index in [4.69, 9.17) is 27.0 Å². The van der Waals surface area contributed by atoms with Gasteiger partial charge in [0, 0.05) is 17.7 Å². The minimum absolute atomic E-state index is 0.0909. The molecule has 19 heavy (non-hydrogen) atoms. The van der Waals surface area contributed by atoms with E-state index in [1.807, 2.05) is 0 Å². The molecule has 0 fully saturated rings. The van der Waals surface area contributed by atoms with E-state index >= 15 is 0 Å². The van der Waals surface area contributed by atoms with Crippen molar-refractivity contribution in [2.45, 2.75) is 11.5 Å². The Bertz CT molecular complexity index is 701. The van der Waals surface area contributed by atoms with Crippen LogP contribution in [0.1, 0.15) is 5.82 Å². The lowest BCUT2D eigenvalue weighted by Crippen LogP contribution is -2.04. The van der Waals surface area contributed by atoms with Crippen molar-refractivity contribution < 1.29 is 13.2 Å². The van der Waals surface area contributed by atoms with E-state index < -0.39 is 9.05 Å². The molecule has 0 atom stereocenters. The Kier molecular flexibility index (Phi) is 3.93. The molecule has 1 heterocycles. The van der Waals surface area contributed by atoms with Gasteiger partial charge in [-0.3, -0.25) is 0 Å². The Morgan fingerprint density at radius 1 is 1.42 bits per heavy atom. The lowest BCUT2D eigenvalue weighted by Gasteiger charge is -2.07. The lowest BCUT2D eigenvalue weighted by atomic mass is 10.3. The monoisotopic (exact) mass is 322 g/mol. The normalized spacial score (nSPS) is 11.5. The molecule has 0 aliphatic carbocycles. The molecule has 0 unspecified atom stereocenters. The molecule has 0 bridgehead atoms. The van der Waals surface area contributed by atoms with Crippen molar-refractivity contribution >= 4 is 31.3 Å². The van der Waals surface area contributed by atoms with Crippen LogP contribution in [-0.2, 0) is 22.7 Å². The zero-order chi connectivity index (χ0) is 14.0. The predicted octanol–water partition coefficient (Wildman–Crippen LogP) is 1.37. The maximum atomic E-state index is 11.1. The van der Waals surface area contributed by atoms with Crippen LogP contribution in [0.2, 0.25) is 5.02 Å². The summed E-state index contributed by atoms with van der Waals surface area (Å²) in [7, 11) is 3.06. The summed E-state index contributed by atoms with van der Waals surface area (Å²) >= 11 is 5.91. The second kappa shape index (κ2) is 5.32. The van der Waals surface area contributed by atoms with E-state index in [9.17, 15) is 8.42 Å². The first-order valence-corrected chi connectivity index (χ1v) is 7.65. The average Bonchev–Trinajstić information content (AvgIpc) is 2.72. The van der Waals surface area contributed by atoms with Gasteiger partial charge >= 0.3 is 0 Å². The molecule has 10 heteroatoms. The number of nitrogens with zero attached hydrogens (tertiary/aromatic N) is 4. The average molecular weight is 323 g/mol. The van der Waals surface area contributed by atoms with E-state index in [1.54, 1.807) is 7.05 Å². The molecule has 0 saturated carbocycles. The van der Waals surface area contributed by atoms with Crippen molar-refractivity contribution in [3.8, 4) is 5.75 Å². The van der Waals surface area contributed by atoms with Gasteiger partial charge in [-0.15, -0.1) is 5.10 Å². The number of tetrazole rings is 1. The number of aromatic nitrogens is 4. The van der Waals surface area contributed by atoms with Crippen LogP contribution in [0.15, 0.2) is 23.1 Å². The first-order chi connectivity index (χ1) is 8.88. The van der Waals surface area contributed by atoms with Crippen LogP contribution in [0.25, 0.3) is 0 Å². The smallest absolute Gasteiger partial charge is 0.261 e. The summed E-state index contributed by atoms with van der Waals surface area (Å²) in [6.07, 6.45) is 0. The first-order valence-electron chi connectivity index (χ1n) is 4.96. The summed E-state index contributed by atoms with van der Waals surface area (Å²) in [4.78, 5) is -0.0909. The summed E-state index contributed by atoms with van der Waals surface area (Å²) in [6.45, 7) is 0.107. The number of rotatable bonds is 4. The lowest BCUT2D eigenvalue weighted by molar-refractivity contribution is 0.289. The van der Waals surface area contributed by atoms with Gasteiger partial charge in [0.25, 0.3) is 9.05 Å². The summed E-state index contributed by atoms with van der Waals surface area (Å²) in [6, 6.07) is 3.94. The molecule has 0 amide bonds. The molecular formula is C9H8Cl2N4O3S. The van der Waals surface area contributed by atoms with Crippen molar-refractivity contribution in [2.75, 3.05) is 0 Å². The summed E-state index contributed by atoms with van der Waals surface area (Å²) in [5.74, 6) is 0.818. The van der Waals surface area contributed by atoms with Gasteiger partial charge in [0.2, 0.25) is 0 Å². The summed E-state index contributed by atoms with van der Waals surface area (Å²) < 4.78 is 29.1. The molecule has 2 aromatic rings. The second-order valence-electron chi connectivity index (χ2n) is 3.54. The van der Waals surface area contributed by atoms with Gasteiger partial charge in [0.1, 0.15) is 12.4 Å². The molecule has 0 aliphatic rings. The van der Waals surface area contributed by atoms with Crippen LogP contribution in [0.4, 0.5) is 0 Å². The topological polar surface area (TPSA) is 87.0 Å². The highest BCUT2D eigenvalue weighted by molar-refractivity contribution is 8.13. The molecule has 0 N–H and O–H groups in total. The Morgan fingerprint density at radius 2 is 2.16 bits per heavy atom. The third-order valence-electron chi connectivity index (χ3n) is 2.25. The van der Waals surface area contributed by atoms with E-state index in [0.717, 1.165) is 0 Å². The molecule has 7 nitrogen and oxygen atoms in total. The molecule has 1 aromatic carbocycles. The molecule has 0 radical (unpaired) electrons. The van der Waals surface area contributed by atoms with Gasteiger partial charge in [-0.1, -0.05) is 11.6 Å². The van der Waals surface area contributed by atoms with E-state index in [2.05, 4.69) is 15.5 Å². The maximum absolute atomic E-state index is 11.1. The van der Waals surface area contributed by atoms with Crippen LogP contribution >= 0.6 is 22.3 Å². The zero-order valence-electron chi connectivity index (χ0n) is 9.62. The van der Waals surface area contributed by atoms with Crippen molar-refractivity contribution in [3.05, 3.63) is 29.0 Å². The molecule has 0 aliphatic heterocycles. The van der Waals surface area contributed by atoms with Crippen molar-refractivity contribution in [2.24, 2.45) is 7.05 Å². The highest BCUT2D eigenvalue weighted by atomic mass is 35.7. The largest absolute Gasteiger partial charge is 0.484 e. The molecule has 2 rings (SSSR count). The Morgan fingerprint density at radius 3 is 2.68 bits per heavy atom. The minimum atomic E-state index is -3.81. The van der Waals surface area contributed by atoms with Crippen LogP contribution < -0.4 is 4.74 Å². The predicted molar refractivity (Wildman–Crippen MR) is 67.6 cm³/mol. The summed E-state index contributed by atoms with van der Waals surface area (Å²) in [5, 5.41) is 11.0. The third-order valence-corrected chi connectivity index (χ3v) is 3.90. The van der Waals surface area contributed by atoms with Gasteiger partial charge in [-0.25, -0.2) is 13.1 Å². The maximum Gasteiger partial charge on any atom is 0.261 e. The number of ether oxygens (including phenoxy) is 1. The van der Waals surface area contributed by atoms with Crippen LogP contribution in [0, 0.1) is 0 Å². The number of halogens is 2. The van der Waals surface area contributed by atoms with Crippen molar-refractivity contribution in [3.63, 3.8) is 0 Å². The second-order valence-corrected chi connectivity index (χ2v) is 6.51. The van der Waals surface area contributed by atoms with Gasteiger partial charge in [-0.2, -0.15) is 0 Å². The fourth-order valence-electron chi connectivity index (χ4n) is 1.26. The molecule has 0 saturated heterocycles. The Labute approximate surface area is 118 Å². The van der Waals surface area contributed by atoms with E-state index in [-0.39, 0.29) is 16.5 Å². The fraction of sp³-hybridized carbons (Fsp3) is 0.222. The standard InChI is InChI=1S/C9H8Cl2N4O3S/c1-15-9(12-13-14-15)5-18-8-3-2-6(4-7(8)10)19(11,16)17/h2-4H,5H2,1H3. The van der Waals surface area contributed by atoms with Crippen molar-refractivity contribution in [1.82, 2.24) is 20.2 Å². The van der Waals surface area contributed by atoms with E-state index in [1.165, 1.54) is 22.9 Å². The Hall–Kier alpha value is -1.38. The van der Waals surface area contributed by atoms with Crippen LogP contribution in [0.3, 0.4) is 0 Å². The number of hydrogen-bond acceptors (Lipinski definition) is 6.